The van der Waals surface area contributed by atoms with Gasteiger partial charge < -0.3 is 15.0 Å². The van der Waals surface area contributed by atoms with Crippen LogP contribution in [0.5, 0.6) is 0 Å². The van der Waals surface area contributed by atoms with E-state index in [0.717, 1.165) is 24.3 Å². The maximum atomic E-state index is 13.5. The Labute approximate surface area is 177 Å². The molecule has 1 aliphatic carbocycles. The number of sulfone groups is 1. The van der Waals surface area contributed by atoms with Gasteiger partial charge in [-0.3, -0.25) is 4.79 Å². The summed E-state index contributed by atoms with van der Waals surface area (Å²) in [6.07, 6.45) is 3.41. The molecule has 1 aromatic carbocycles. The Bertz CT molecular complexity index is 1070. The summed E-state index contributed by atoms with van der Waals surface area (Å²) < 4.78 is 32.9. The predicted molar refractivity (Wildman–Crippen MR) is 115 cm³/mol. The van der Waals surface area contributed by atoms with E-state index >= 15 is 0 Å². The highest BCUT2D eigenvalue weighted by Gasteiger charge is 2.51. The number of fused-ring (bicyclic) bond motifs is 1. The number of primary amides is 1. The first-order valence-electron chi connectivity index (χ1n) is 10.6. The molecule has 2 N–H and O–H groups in total. The number of aromatic nitrogens is 2. The second-order valence-corrected chi connectivity index (χ2v) is 12.2. The van der Waals surface area contributed by atoms with Crippen LogP contribution in [-0.2, 0) is 32.3 Å². The van der Waals surface area contributed by atoms with Crippen LogP contribution in [0, 0.1) is 11.3 Å². The van der Waals surface area contributed by atoms with Crippen molar-refractivity contribution in [3.05, 3.63) is 24.0 Å². The zero-order valence-electron chi connectivity index (χ0n) is 18.0. The van der Waals surface area contributed by atoms with Crippen LogP contribution in [0.2, 0.25) is 0 Å². The third kappa shape index (κ3) is 3.75. The average Bonchev–Trinajstić information content (AvgIpc) is 3.43. The van der Waals surface area contributed by atoms with Gasteiger partial charge in [0.25, 0.3) is 0 Å². The van der Waals surface area contributed by atoms with Gasteiger partial charge in [-0.25, -0.2) is 13.4 Å². The van der Waals surface area contributed by atoms with Crippen molar-refractivity contribution in [2.75, 3.05) is 13.2 Å². The first-order valence-corrected chi connectivity index (χ1v) is 12.1. The summed E-state index contributed by atoms with van der Waals surface area (Å²) in [5.41, 5.74) is 7.27. The van der Waals surface area contributed by atoms with Crippen LogP contribution >= 0.6 is 0 Å². The number of ether oxygens (including phenoxy) is 1. The van der Waals surface area contributed by atoms with Crippen molar-refractivity contribution in [3.63, 3.8) is 0 Å². The summed E-state index contributed by atoms with van der Waals surface area (Å²) in [6, 6.07) is 5.04. The van der Waals surface area contributed by atoms with Gasteiger partial charge in [0.1, 0.15) is 5.82 Å². The molecule has 0 unspecified atom stereocenters. The monoisotopic (exact) mass is 433 g/mol. The summed E-state index contributed by atoms with van der Waals surface area (Å²) in [5.74, 6) is 0.845. The maximum Gasteiger partial charge on any atom is 0.239 e. The van der Waals surface area contributed by atoms with Crippen molar-refractivity contribution in [1.29, 1.82) is 0 Å². The van der Waals surface area contributed by atoms with Crippen molar-refractivity contribution in [1.82, 2.24) is 9.55 Å². The Kier molecular flexibility index (Phi) is 5.21. The molecule has 1 amide bonds. The Balaban J connectivity index is 1.80. The lowest BCUT2D eigenvalue weighted by Crippen LogP contribution is -2.53. The number of hydrogen-bond acceptors (Lipinski definition) is 5. The van der Waals surface area contributed by atoms with Crippen LogP contribution in [0.25, 0.3) is 11.0 Å². The van der Waals surface area contributed by atoms with Crippen molar-refractivity contribution in [2.45, 2.75) is 69.1 Å². The molecule has 164 valence electrons. The summed E-state index contributed by atoms with van der Waals surface area (Å²) in [6.45, 7) is 7.84. The molecular formula is C22H31N3O4S. The number of carbonyl (C=O) groups excluding carboxylic acids is 1. The second-order valence-electron chi connectivity index (χ2n) is 9.94. The topological polar surface area (TPSA) is 104 Å². The Morgan fingerprint density at radius 2 is 1.93 bits per heavy atom. The molecule has 7 nitrogen and oxygen atoms in total. The van der Waals surface area contributed by atoms with E-state index in [1.165, 1.54) is 12.8 Å². The number of nitrogens with zero attached hydrogens (tertiary/aromatic N) is 2. The molecule has 2 heterocycles. The van der Waals surface area contributed by atoms with E-state index in [0.29, 0.717) is 11.4 Å². The SMILES string of the molecule is CC(C)(C)Cc1nc2cc(S(=O)(=O)C3(C(N)=O)CCOCC3)ccc2n1CC1CC1. The number of benzene rings is 1. The molecule has 4 rings (SSSR count). The van der Waals surface area contributed by atoms with E-state index in [1.54, 1.807) is 12.1 Å². The highest BCUT2D eigenvalue weighted by molar-refractivity contribution is 7.93. The molecule has 1 saturated heterocycles. The first-order chi connectivity index (χ1) is 14.0. The Morgan fingerprint density at radius 1 is 1.27 bits per heavy atom. The van der Waals surface area contributed by atoms with Gasteiger partial charge in [0.15, 0.2) is 14.6 Å². The molecule has 1 saturated carbocycles. The Morgan fingerprint density at radius 3 is 2.50 bits per heavy atom. The average molecular weight is 434 g/mol. The minimum absolute atomic E-state index is 0.0652. The molecule has 0 atom stereocenters. The van der Waals surface area contributed by atoms with E-state index in [1.807, 2.05) is 6.07 Å². The van der Waals surface area contributed by atoms with Crippen LogP contribution in [0.15, 0.2) is 23.1 Å². The number of nitrogens with two attached hydrogens (primary N) is 1. The smallest absolute Gasteiger partial charge is 0.239 e. The lowest BCUT2D eigenvalue weighted by atomic mass is 9.92. The fourth-order valence-electron chi connectivity index (χ4n) is 4.27. The highest BCUT2D eigenvalue weighted by atomic mass is 32.2. The van der Waals surface area contributed by atoms with Gasteiger partial charge in [0.05, 0.1) is 15.9 Å². The van der Waals surface area contributed by atoms with E-state index in [9.17, 15) is 13.2 Å². The fourth-order valence-corrected chi connectivity index (χ4v) is 6.21. The van der Waals surface area contributed by atoms with E-state index in [-0.39, 0.29) is 36.4 Å². The summed E-state index contributed by atoms with van der Waals surface area (Å²) >= 11 is 0. The molecule has 0 radical (unpaired) electrons. The van der Waals surface area contributed by atoms with Crippen molar-refractivity contribution in [3.8, 4) is 0 Å². The first kappa shape index (κ1) is 21.3. The minimum Gasteiger partial charge on any atom is -0.381 e. The summed E-state index contributed by atoms with van der Waals surface area (Å²) in [7, 11) is -3.97. The van der Waals surface area contributed by atoms with Gasteiger partial charge in [0.2, 0.25) is 5.91 Å². The molecule has 1 aromatic heterocycles. The quantitative estimate of drug-likeness (QED) is 0.754. The normalized spacial score (nSPS) is 19.8. The van der Waals surface area contributed by atoms with E-state index in [4.69, 9.17) is 15.5 Å². The van der Waals surface area contributed by atoms with E-state index < -0.39 is 20.5 Å². The molecule has 0 bridgehead atoms. The van der Waals surface area contributed by atoms with Gasteiger partial charge in [-0.2, -0.15) is 0 Å². The third-order valence-electron chi connectivity index (χ3n) is 6.20. The lowest BCUT2D eigenvalue weighted by Gasteiger charge is -2.33. The second kappa shape index (κ2) is 7.34. The number of amides is 1. The number of rotatable bonds is 6. The minimum atomic E-state index is -3.97. The van der Waals surface area contributed by atoms with Gasteiger partial charge >= 0.3 is 0 Å². The van der Waals surface area contributed by atoms with Crippen molar-refractivity contribution < 1.29 is 17.9 Å². The number of hydrogen-bond donors (Lipinski definition) is 1. The lowest BCUT2D eigenvalue weighted by molar-refractivity contribution is -0.122. The highest BCUT2D eigenvalue weighted by Crippen LogP contribution is 2.37. The van der Waals surface area contributed by atoms with Crippen LogP contribution in [0.1, 0.15) is 52.3 Å². The number of imidazole rings is 1. The molecule has 8 heteroatoms. The molecule has 1 aliphatic heterocycles. The van der Waals surface area contributed by atoms with Gasteiger partial charge in [-0.05, 0) is 55.2 Å². The zero-order chi connectivity index (χ0) is 21.7. The standard InChI is InChI=1S/C22H31N3O4S/c1-21(2,3)13-19-24-17-12-16(6-7-18(17)25(19)14-15-4-5-15)30(27,28)22(20(23)26)8-10-29-11-9-22/h6-7,12,15H,4-5,8-11,13-14H2,1-3H3,(H2,23,26). The Hall–Kier alpha value is -1.93. The van der Waals surface area contributed by atoms with Crippen LogP contribution < -0.4 is 5.73 Å². The third-order valence-corrected chi connectivity index (χ3v) is 8.71. The zero-order valence-corrected chi connectivity index (χ0v) is 18.8. The summed E-state index contributed by atoms with van der Waals surface area (Å²) in [5, 5.41) is 0. The van der Waals surface area contributed by atoms with Gasteiger partial charge in [-0.1, -0.05) is 20.8 Å². The molecule has 0 spiro atoms. The van der Waals surface area contributed by atoms with Crippen molar-refractivity contribution in [2.24, 2.45) is 17.1 Å². The molecular weight excluding hydrogens is 402 g/mol. The molecule has 2 aliphatic rings. The fraction of sp³-hybridized carbons (Fsp3) is 0.636. The van der Waals surface area contributed by atoms with Crippen LogP contribution in [-0.4, -0.2) is 41.8 Å². The maximum absolute atomic E-state index is 13.5. The molecule has 30 heavy (non-hydrogen) atoms. The predicted octanol–water partition coefficient (Wildman–Crippen LogP) is 2.84. The molecule has 2 aromatic rings. The van der Waals surface area contributed by atoms with Crippen LogP contribution in [0.3, 0.4) is 0 Å². The molecule has 2 fully saturated rings. The number of carbonyl (C=O) groups is 1. The van der Waals surface area contributed by atoms with E-state index in [2.05, 4.69) is 25.3 Å². The van der Waals surface area contributed by atoms with Crippen molar-refractivity contribution >= 4 is 26.8 Å². The summed E-state index contributed by atoms with van der Waals surface area (Å²) in [4.78, 5) is 17.2. The van der Waals surface area contributed by atoms with Crippen LogP contribution in [0.4, 0.5) is 0 Å². The van der Waals surface area contributed by atoms with Gasteiger partial charge in [-0.15, -0.1) is 0 Å². The van der Waals surface area contributed by atoms with Gasteiger partial charge in [0, 0.05) is 26.2 Å². The largest absolute Gasteiger partial charge is 0.381 e.